The molecule has 1 aromatic carbocycles. The van der Waals surface area contributed by atoms with E-state index >= 15 is 0 Å². The lowest BCUT2D eigenvalue weighted by Crippen LogP contribution is -2.02. The molecule has 1 heterocycles. The van der Waals surface area contributed by atoms with Crippen LogP contribution in [0, 0.1) is 6.92 Å². The number of carbonyl (C=O) groups is 1. The minimum absolute atomic E-state index is 0.513. The van der Waals surface area contributed by atoms with Gasteiger partial charge in [0.2, 0.25) is 0 Å². The Bertz CT molecular complexity index is 550. The van der Waals surface area contributed by atoms with Gasteiger partial charge in [-0.25, -0.2) is 4.68 Å². The van der Waals surface area contributed by atoms with E-state index in [1.807, 2.05) is 16.8 Å². The Morgan fingerprint density at radius 1 is 1.29 bits per heavy atom. The van der Waals surface area contributed by atoms with Crippen molar-refractivity contribution in [3.63, 3.8) is 0 Å². The van der Waals surface area contributed by atoms with Crippen LogP contribution in [0.2, 0.25) is 0 Å². The third-order valence-electron chi connectivity index (χ3n) is 3.21. The number of aromatic nitrogens is 2. The first-order valence-corrected chi connectivity index (χ1v) is 5.90. The van der Waals surface area contributed by atoms with Gasteiger partial charge in [0.25, 0.3) is 0 Å². The second kappa shape index (κ2) is 3.84. The van der Waals surface area contributed by atoms with E-state index in [0.717, 1.165) is 23.2 Å². The van der Waals surface area contributed by atoms with Crippen molar-refractivity contribution in [2.75, 3.05) is 0 Å². The molecule has 1 aromatic heterocycles. The van der Waals surface area contributed by atoms with Crippen LogP contribution in [0.25, 0.3) is 5.69 Å². The maximum Gasteiger partial charge on any atom is 0.153 e. The van der Waals surface area contributed by atoms with Crippen LogP contribution < -0.4 is 0 Å². The number of carbonyl (C=O) groups excluding carboxylic acids is 1. The number of aryl methyl sites for hydroxylation is 1. The first-order valence-electron chi connectivity index (χ1n) is 5.90. The molecular formula is C14H14N2O. The number of nitrogens with zero attached hydrogens (tertiary/aromatic N) is 2. The lowest BCUT2D eigenvalue weighted by atomic mass is 10.2. The first-order chi connectivity index (χ1) is 8.29. The minimum atomic E-state index is 0.513. The average Bonchev–Trinajstić information content (AvgIpc) is 3.10. The zero-order chi connectivity index (χ0) is 11.8. The number of rotatable bonds is 3. The standard InChI is InChI=1S/C14H14N2O/c1-10-2-6-13(7-3-10)16-14(11-4-5-11)12(9-17)8-15-16/h2-3,6-9,11H,4-5H2,1H3. The highest BCUT2D eigenvalue weighted by molar-refractivity contribution is 5.77. The van der Waals surface area contributed by atoms with E-state index in [1.54, 1.807) is 6.20 Å². The van der Waals surface area contributed by atoms with Crippen molar-refractivity contribution in [2.45, 2.75) is 25.7 Å². The molecule has 0 spiro atoms. The summed E-state index contributed by atoms with van der Waals surface area (Å²) in [6.07, 6.45) is 4.91. The Labute approximate surface area is 100 Å². The van der Waals surface area contributed by atoms with Crippen molar-refractivity contribution in [2.24, 2.45) is 0 Å². The number of hydrogen-bond donors (Lipinski definition) is 0. The van der Waals surface area contributed by atoms with Crippen LogP contribution in [0.1, 0.15) is 40.4 Å². The maximum absolute atomic E-state index is 11.0. The highest BCUT2D eigenvalue weighted by atomic mass is 16.1. The number of hydrogen-bond acceptors (Lipinski definition) is 2. The molecule has 86 valence electrons. The SMILES string of the molecule is Cc1ccc(-n2ncc(C=O)c2C2CC2)cc1. The Kier molecular flexibility index (Phi) is 2.32. The molecule has 3 nitrogen and oxygen atoms in total. The molecule has 0 amide bonds. The Hall–Kier alpha value is -1.90. The molecule has 0 bridgehead atoms. The summed E-state index contributed by atoms with van der Waals surface area (Å²) in [6.45, 7) is 2.06. The van der Waals surface area contributed by atoms with E-state index in [-0.39, 0.29) is 0 Å². The summed E-state index contributed by atoms with van der Waals surface area (Å²) in [4.78, 5) is 11.0. The van der Waals surface area contributed by atoms with Gasteiger partial charge in [0.1, 0.15) is 0 Å². The Balaban J connectivity index is 2.10. The van der Waals surface area contributed by atoms with Crippen molar-refractivity contribution in [3.8, 4) is 5.69 Å². The number of benzene rings is 1. The second-order valence-electron chi connectivity index (χ2n) is 4.62. The molecule has 0 atom stereocenters. The quantitative estimate of drug-likeness (QED) is 0.754. The summed E-state index contributed by atoms with van der Waals surface area (Å²) < 4.78 is 1.90. The van der Waals surface area contributed by atoms with Crippen molar-refractivity contribution >= 4 is 6.29 Å². The van der Waals surface area contributed by atoms with Gasteiger partial charge < -0.3 is 0 Å². The predicted octanol–water partition coefficient (Wildman–Crippen LogP) is 2.87. The molecule has 0 N–H and O–H groups in total. The molecule has 3 heteroatoms. The van der Waals surface area contributed by atoms with Crippen LogP contribution in [0.5, 0.6) is 0 Å². The smallest absolute Gasteiger partial charge is 0.153 e. The van der Waals surface area contributed by atoms with Gasteiger partial charge in [-0.2, -0.15) is 5.10 Å². The largest absolute Gasteiger partial charge is 0.298 e. The van der Waals surface area contributed by atoms with Crippen LogP contribution in [-0.4, -0.2) is 16.1 Å². The van der Waals surface area contributed by atoms with Gasteiger partial charge in [-0.1, -0.05) is 17.7 Å². The van der Waals surface area contributed by atoms with Gasteiger partial charge in [0, 0.05) is 5.92 Å². The molecule has 0 radical (unpaired) electrons. The summed E-state index contributed by atoms with van der Waals surface area (Å²) in [5, 5.41) is 4.33. The van der Waals surface area contributed by atoms with Gasteiger partial charge in [0.15, 0.2) is 6.29 Å². The Morgan fingerprint density at radius 3 is 2.59 bits per heavy atom. The summed E-state index contributed by atoms with van der Waals surface area (Å²) in [6, 6.07) is 8.22. The fraction of sp³-hybridized carbons (Fsp3) is 0.286. The van der Waals surface area contributed by atoms with Gasteiger partial charge in [0.05, 0.1) is 23.1 Å². The van der Waals surface area contributed by atoms with Crippen LogP contribution in [0.3, 0.4) is 0 Å². The highest BCUT2D eigenvalue weighted by Gasteiger charge is 2.30. The van der Waals surface area contributed by atoms with Crippen LogP contribution in [0.4, 0.5) is 0 Å². The van der Waals surface area contributed by atoms with Gasteiger partial charge >= 0.3 is 0 Å². The summed E-state index contributed by atoms with van der Waals surface area (Å²) in [5.74, 6) is 0.513. The lowest BCUT2D eigenvalue weighted by molar-refractivity contribution is 0.112. The maximum atomic E-state index is 11.0. The molecule has 17 heavy (non-hydrogen) atoms. The normalized spacial score (nSPS) is 14.9. The van der Waals surface area contributed by atoms with E-state index in [2.05, 4.69) is 24.2 Å². The van der Waals surface area contributed by atoms with E-state index in [1.165, 1.54) is 18.4 Å². The molecule has 1 saturated carbocycles. The lowest BCUT2D eigenvalue weighted by Gasteiger charge is -2.07. The van der Waals surface area contributed by atoms with Crippen LogP contribution >= 0.6 is 0 Å². The summed E-state index contributed by atoms with van der Waals surface area (Å²) in [5.41, 5.74) is 4.06. The number of aldehydes is 1. The predicted molar refractivity (Wildman–Crippen MR) is 65.7 cm³/mol. The van der Waals surface area contributed by atoms with Crippen molar-refractivity contribution in [1.29, 1.82) is 0 Å². The zero-order valence-corrected chi connectivity index (χ0v) is 9.76. The topological polar surface area (TPSA) is 34.9 Å². The molecular weight excluding hydrogens is 212 g/mol. The molecule has 1 aliphatic rings. The van der Waals surface area contributed by atoms with E-state index in [9.17, 15) is 4.79 Å². The fourth-order valence-corrected chi connectivity index (χ4v) is 2.12. The third-order valence-corrected chi connectivity index (χ3v) is 3.21. The monoisotopic (exact) mass is 226 g/mol. The van der Waals surface area contributed by atoms with Crippen LogP contribution in [0.15, 0.2) is 30.5 Å². The molecule has 1 aliphatic carbocycles. The molecule has 2 aromatic rings. The van der Waals surface area contributed by atoms with Crippen molar-refractivity contribution in [1.82, 2.24) is 9.78 Å². The van der Waals surface area contributed by atoms with Crippen molar-refractivity contribution < 1.29 is 4.79 Å². The van der Waals surface area contributed by atoms with E-state index in [0.29, 0.717) is 5.92 Å². The van der Waals surface area contributed by atoms with Crippen LogP contribution in [-0.2, 0) is 0 Å². The van der Waals surface area contributed by atoms with Gasteiger partial charge in [-0.05, 0) is 31.9 Å². The van der Waals surface area contributed by atoms with Gasteiger partial charge in [-0.3, -0.25) is 4.79 Å². The first kappa shape index (κ1) is 10.3. The third kappa shape index (κ3) is 1.78. The molecule has 0 aliphatic heterocycles. The second-order valence-corrected chi connectivity index (χ2v) is 4.62. The molecule has 1 fully saturated rings. The van der Waals surface area contributed by atoms with Crippen molar-refractivity contribution in [3.05, 3.63) is 47.3 Å². The fourth-order valence-electron chi connectivity index (χ4n) is 2.12. The van der Waals surface area contributed by atoms with E-state index in [4.69, 9.17) is 0 Å². The molecule has 3 rings (SSSR count). The highest BCUT2D eigenvalue weighted by Crippen LogP contribution is 2.42. The molecule has 0 unspecified atom stereocenters. The molecule has 0 saturated heterocycles. The van der Waals surface area contributed by atoms with E-state index < -0.39 is 0 Å². The summed E-state index contributed by atoms with van der Waals surface area (Å²) >= 11 is 0. The summed E-state index contributed by atoms with van der Waals surface area (Å²) in [7, 11) is 0. The minimum Gasteiger partial charge on any atom is -0.298 e. The zero-order valence-electron chi connectivity index (χ0n) is 9.76. The average molecular weight is 226 g/mol. The van der Waals surface area contributed by atoms with Gasteiger partial charge in [-0.15, -0.1) is 0 Å². The Morgan fingerprint density at radius 2 is 2.00 bits per heavy atom.